The number of rotatable bonds is 6. The van der Waals surface area contributed by atoms with Crippen molar-refractivity contribution in [2.24, 2.45) is 0 Å². The standard InChI is InChI=1S/C11H20N2O2/c1-5-7-12-8-10(14)13(6-2)9-11(3,4)15/h1,12,15H,6-9H2,2-4H3. The molecule has 0 unspecified atom stereocenters. The third-order valence-electron chi connectivity index (χ3n) is 1.82. The first-order valence-electron chi connectivity index (χ1n) is 5.05. The van der Waals surface area contributed by atoms with Crippen LogP contribution in [0.3, 0.4) is 0 Å². The van der Waals surface area contributed by atoms with E-state index < -0.39 is 5.60 Å². The Hall–Kier alpha value is -1.05. The highest BCUT2D eigenvalue weighted by atomic mass is 16.3. The summed E-state index contributed by atoms with van der Waals surface area (Å²) >= 11 is 0. The normalized spacial score (nSPS) is 10.9. The summed E-state index contributed by atoms with van der Waals surface area (Å²) in [6.45, 7) is 6.75. The fraction of sp³-hybridized carbons (Fsp3) is 0.727. The Labute approximate surface area is 91.7 Å². The third kappa shape index (κ3) is 6.95. The van der Waals surface area contributed by atoms with Gasteiger partial charge in [0.05, 0.1) is 18.7 Å². The van der Waals surface area contributed by atoms with Crippen molar-refractivity contribution >= 4 is 5.91 Å². The van der Waals surface area contributed by atoms with Gasteiger partial charge in [-0.3, -0.25) is 10.1 Å². The molecule has 4 nitrogen and oxygen atoms in total. The Kier molecular flexibility index (Phi) is 5.99. The van der Waals surface area contributed by atoms with Crippen LogP contribution >= 0.6 is 0 Å². The minimum Gasteiger partial charge on any atom is -0.389 e. The van der Waals surface area contributed by atoms with E-state index in [1.165, 1.54) is 0 Å². The summed E-state index contributed by atoms with van der Waals surface area (Å²) in [7, 11) is 0. The van der Waals surface area contributed by atoms with Gasteiger partial charge in [-0.25, -0.2) is 0 Å². The quantitative estimate of drug-likeness (QED) is 0.475. The highest BCUT2D eigenvalue weighted by molar-refractivity contribution is 5.78. The van der Waals surface area contributed by atoms with Crippen molar-refractivity contribution in [3.8, 4) is 12.3 Å². The maximum atomic E-state index is 11.6. The molecule has 0 bridgehead atoms. The lowest BCUT2D eigenvalue weighted by atomic mass is 10.1. The first-order chi connectivity index (χ1) is 6.90. The number of amides is 1. The SMILES string of the molecule is C#CCNCC(=O)N(CC)CC(C)(C)O. The van der Waals surface area contributed by atoms with Gasteiger partial charge in [-0.05, 0) is 20.8 Å². The van der Waals surface area contributed by atoms with Gasteiger partial charge < -0.3 is 10.0 Å². The molecule has 0 spiro atoms. The Morgan fingerprint density at radius 1 is 1.60 bits per heavy atom. The van der Waals surface area contributed by atoms with E-state index in [0.717, 1.165) is 0 Å². The van der Waals surface area contributed by atoms with Gasteiger partial charge >= 0.3 is 0 Å². The van der Waals surface area contributed by atoms with Crippen LogP contribution in [-0.4, -0.2) is 47.7 Å². The molecular formula is C11H20N2O2. The van der Waals surface area contributed by atoms with E-state index >= 15 is 0 Å². The summed E-state index contributed by atoms with van der Waals surface area (Å²) < 4.78 is 0. The Balaban J connectivity index is 4.06. The van der Waals surface area contributed by atoms with Crippen LogP contribution in [0.1, 0.15) is 20.8 Å². The predicted molar refractivity (Wildman–Crippen MR) is 60.3 cm³/mol. The summed E-state index contributed by atoms with van der Waals surface area (Å²) in [5.41, 5.74) is -0.863. The van der Waals surface area contributed by atoms with E-state index in [0.29, 0.717) is 19.6 Å². The Morgan fingerprint density at radius 2 is 2.20 bits per heavy atom. The van der Waals surface area contributed by atoms with Gasteiger partial charge in [-0.2, -0.15) is 0 Å². The number of hydrogen-bond acceptors (Lipinski definition) is 3. The summed E-state index contributed by atoms with van der Waals surface area (Å²) in [6.07, 6.45) is 5.05. The van der Waals surface area contributed by atoms with Crippen LogP contribution in [0.2, 0.25) is 0 Å². The van der Waals surface area contributed by atoms with Crippen LogP contribution in [0.5, 0.6) is 0 Å². The fourth-order valence-electron chi connectivity index (χ4n) is 1.20. The van der Waals surface area contributed by atoms with Crippen molar-refractivity contribution in [2.45, 2.75) is 26.4 Å². The first kappa shape index (κ1) is 13.9. The second-order valence-corrected chi connectivity index (χ2v) is 4.03. The molecule has 1 amide bonds. The summed E-state index contributed by atoms with van der Waals surface area (Å²) in [4.78, 5) is 13.2. The molecule has 0 aliphatic carbocycles. The molecule has 0 aromatic heterocycles. The molecule has 86 valence electrons. The van der Waals surface area contributed by atoms with Crippen molar-refractivity contribution in [3.63, 3.8) is 0 Å². The number of terminal acetylenes is 1. The maximum Gasteiger partial charge on any atom is 0.236 e. The lowest BCUT2D eigenvalue weighted by molar-refractivity contribution is -0.132. The van der Waals surface area contributed by atoms with Gasteiger partial charge in [0, 0.05) is 13.1 Å². The molecule has 0 saturated carbocycles. The van der Waals surface area contributed by atoms with Crippen molar-refractivity contribution in [1.29, 1.82) is 0 Å². The summed E-state index contributed by atoms with van der Waals surface area (Å²) in [6, 6.07) is 0. The van der Waals surface area contributed by atoms with Crippen molar-refractivity contribution < 1.29 is 9.90 Å². The highest BCUT2D eigenvalue weighted by Gasteiger charge is 2.20. The van der Waals surface area contributed by atoms with Crippen molar-refractivity contribution in [2.75, 3.05) is 26.2 Å². The van der Waals surface area contributed by atoms with Crippen molar-refractivity contribution in [1.82, 2.24) is 10.2 Å². The van der Waals surface area contributed by atoms with Crippen LogP contribution in [0, 0.1) is 12.3 Å². The largest absolute Gasteiger partial charge is 0.389 e. The lowest BCUT2D eigenvalue weighted by Crippen LogP contribution is -2.45. The number of nitrogens with zero attached hydrogens (tertiary/aromatic N) is 1. The van der Waals surface area contributed by atoms with Gasteiger partial charge in [0.15, 0.2) is 0 Å². The molecule has 0 atom stereocenters. The van der Waals surface area contributed by atoms with Gasteiger partial charge in [-0.15, -0.1) is 6.42 Å². The topological polar surface area (TPSA) is 52.6 Å². The monoisotopic (exact) mass is 212 g/mol. The summed E-state index contributed by atoms with van der Waals surface area (Å²) in [5, 5.41) is 12.4. The van der Waals surface area contributed by atoms with Crippen LogP contribution in [0.15, 0.2) is 0 Å². The van der Waals surface area contributed by atoms with E-state index in [4.69, 9.17) is 6.42 Å². The van der Waals surface area contributed by atoms with Crippen LogP contribution in [-0.2, 0) is 4.79 Å². The zero-order valence-corrected chi connectivity index (χ0v) is 9.71. The summed E-state index contributed by atoms with van der Waals surface area (Å²) in [5.74, 6) is 2.35. The zero-order chi connectivity index (χ0) is 11.9. The van der Waals surface area contributed by atoms with Crippen LogP contribution < -0.4 is 5.32 Å². The van der Waals surface area contributed by atoms with Gasteiger partial charge in [-0.1, -0.05) is 5.92 Å². The molecular weight excluding hydrogens is 192 g/mol. The van der Waals surface area contributed by atoms with E-state index in [1.54, 1.807) is 18.7 Å². The zero-order valence-electron chi connectivity index (χ0n) is 9.71. The average molecular weight is 212 g/mol. The molecule has 0 saturated heterocycles. The maximum absolute atomic E-state index is 11.6. The number of likely N-dealkylation sites (N-methyl/N-ethyl adjacent to an activating group) is 1. The van der Waals surface area contributed by atoms with Gasteiger partial charge in [0.2, 0.25) is 5.91 Å². The van der Waals surface area contributed by atoms with E-state index in [2.05, 4.69) is 11.2 Å². The lowest BCUT2D eigenvalue weighted by Gasteiger charge is -2.28. The second kappa shape index (κ2) is 6.44. The molecule has 2 N–H and O–H groups in total. The molecule has 15 heavy (non-hydrogen) atoms. The van der Waals surface area contributed by atoms with E-state index in [-0.39, 0.29) is 12.5 Å². The highest BCUT2D eigenvalue weighted by Crippen LogP contribution is 2.04. The molecule has 0 aromatic rings. The molecule has 0 aromatic carbocycles. The number of carbonyl (C=O) groups is 1. The molecule has 0 fully saturated rings. The van der Waals surface area contributed by atoms with Gasteiger partial charge in [0.25, 0.3) is 0 Å². The average Bonchev–Trinajstić information content (AvgIpc) is 2.13. The van der Waals surface area contributed by atoms with Crippen LogP contribution in [0.4, 0.5) is 0 Å². The number of aliphatic hydroxyl groups is 1. The molecule has 0 rings (SSSR count). The fourth-order valence-corrected chi connectivity index (χ4v) is 1.20. The molecule has 0 radical (unpaired) electrons. The molecule has 4 heteroatoms. The smallest absolute Gasteiger partial charge is 0.236 e. The first-order valence-corrected chi connectivity index (χ1v) is 5.05. The minimum absolute atomic E-state index is 0.0464. The van der Waals surface area contributed by atoms with Crippen LogP contribution in [0.25, 0.3) is 0 Å². The van der Waals surface area contributed by atoms with Crippen molar-refractivity contribution in [3.05, 3.63) is 0 Å². The molecule has 0 aliphatic rings. The third-order valence-corrected chi connectivity index (χ3v) is 1.82. The van der Waals surface area contributed by atoms with Gasteiger partial charge in [0.1, 0.15) is 0 Å². The Morgan fingerprint density at radius 3 is 2.60 bits per heavy atom. The Bertz CT molecular complexity index is 238. The number of nitrogens with one attached hydrogen (secondary N) is 1. The molecule has 0 heterocycles. The molecule has 0 aliphatic heterocycles. The second-order valence-electron chi connectivity index (χ2n) is 4.03. The number of carbonyl (C=O) groups excluding carboxylic acids is 1. The van der Waals surface area contributed by atoms with E-state index in [9.17, 15) is 9.90 Å². The number of hydrogen-bond donors (Lipinski definition) is 2. The van der Waals surface area contributed by atoms with E-state index in [1.807, 2.05) is 6.92 Å². The predicted octanol–water partition coefficient (Wildman–Crippen LogP) is -0.171. The minimum atomic E-state index is -0.863.